The maximum Gasteiger partial charge on any atom is 0.335 e. The Kier molecular flexibility index (Phi) is 6.77. The summed E-state index contributed by atoms with van der Waals surface area (Å²) in [4.78, 5) is 23.4. The summed E-state index contributed by atoms with van der Waals surface area (Å²) in [6.45, 7) is 2.20. The summed E-state index contributed by atoms with van der Waals surface area (Å²) in [7, 11) is 0. The van der Waals surface area contributed by atoms with Crippen molar-refractivity contribution >= 4 is 34.9 Å². The van der Waals surface area contributed by atoms with Crippen LogP contribution in [0, 0.1) is 6.92 Å². The molecule has 3 aromatic rings. The molecule has 0 unspecified atom stereocenters. The molecule has 6 nitrogen and oxygen atoms in total. The molecule has 3 N–H and O–H groups in total. The minimum absolute atomic E-state index is 0.121. The standard InChI is InChI=1S/C23H20N2O4S/c1-15-13-18(22(27)28)9-12-20(15)24-23(30)25-21(26)17-7-10-19(11-8-17)29-14-16-5-3-2-4-6-16/h2-13H,14H2,1H3,(H,27,28)(H2,24,25,26,30). The van der Waals surface area contributed by atoms with Crippen molar-refractivity contribution in [3.63, 3.8) is 0 Å². The number of aromatic carboxylic acids is 1. The van der Waals surface area contributed by atoms with E-state index < -0.39 is 5.97 Å². The number of anilines is 1. The zero-order valence-electron chi connectivity index (χ0n) is 16.2. The van der Waals surface area contributed by atoms with Crippen molar-refractivity contribution in [1.82, 2.24) is 5.32 Å². The van der Waals surface area contributed by atoms with E-state index in [-0.39, 0.29) is 16.6 Å². The summed E-state index contributed by atoms with van der Waals surface area (Å²) in [5.41, 5.74) is 3.00. The van der Waals surface area contributed by atoms with Crippen molar-refractivity contribution in [2.24, 2.45) is 0 Å². The van der Waals surface area contributed by atoms with Gasteiger partial charge in [-0.25, -0.2) is 4.79 Å². The summed E-state index contributed by atoms with van der Waals surface area (Å²) in [6.07, 6.45) is 0. The molecule has 0 aliphatic rings. The van der Waals surface area contributed by atoms with E-state index in [1.807, 2.05) is 30.3 Å². The van der Waals surface area contributed by atoms with Gasteiger partial charge in [0, 0.05) is 11.3 Å². The zero-order valence-corrected chi connectivity index (χ0v) is 17.0. The highest BCUT2D eigenvalue weighted by Crippen LogP contribution is 2.17. The maximum absolute atomic E-state index is 12.4. The number of benzene rings is 3. The van der Waals surface area contributed by atoms with Gasteiger partial charge in [-0.1, -0.05) is 30.3 Å². The van der Waals surface area contributed by atoms with Crippen molar-refractivity contribution in [3.8, 4) is 5.75 Å². The Morgan fingerprint density at radius 1 is 0.967 bits per heavy atom. The van der Waals surface area contributed by atoms with Gasteiger partial charge in [-0.05, 0) is 72.7 Å². The Labute approximate surface area is 179 Å². The number of carbonyl (C=O) groups is 2. The highest BCUT2D eigenvalue weighted by Gasteiger charge is 2.10. The van der Waals surface area contributed by atoms with Crippen LogP contribution in [0.15, 0.2) is 72.8 Å². The number of thiocarbonyl (C=S) groups is 1. The van der Waals surface area contributed by atoms with E-state index in [1.165, 1.54) is 12.1 Å². The summed E-state index contributed by atoms with van der Waals surface area (Å²) < 4.78 is 5.71. The molecule has 3 aromatic carbocycles. The smallest absolute Gasteiger partial charge is 0.335 e. The van der Waals surface area contributed by atoms with Crippen LogP contribution in [0.1, 0.15) is 31.8 Å². The van der Waals surface area contributed by atoms with Crippen LogP contribution in [0.5, 0.6) is 5.75 Å². The molecule has 0 aliphatic carbocycles. The molecule has 0 heterocycles. The molecule has 0 saturated heterocycles. The van der Waals surface area contributed by atoms with E-state index in [1.54, 1.807) is 37.3 Å². The topological polar surface area (TPSA) is 87.7 Å². The summed E-state index contributed by atoms with van der Waals surface area (Å²) in [5.74, 6) is -0.705. The second-order valence-electron chi connectivity index (χ2n) is 6.54. The summed E-state index contributed by atoms with van der Waals surface area (Å²) in [5, 5.41) is 14.7. The number of carbonyl (C=O) groups excluding carboxylic acids is 1. The molecular weight excluding hydrogens is 400 g/mol. The monoisotopic (exact) mass is 420 g/mol. The second-order valence-corrected chi connectivity index (χ2v) is 6.95. The zero-order chi connectivity index (χ0) is 21.5. The fourth-order valence-corrected chi connectivity index (χ4v) is 2.91. The van der Waals surface area contributed by atoms with Gasteiger partial charge in [-0.2, -0.15) is 0 Å². The lowest BCUT2D eigenvalue weighted by atomic mass is 10.1. The Morgan fingerprint density at radius 2 is 1.63 bits per heavy atom. The lowest BCUT2D eigenvalue weighted by molar-refractivity contribution is 0.0696. The molecule has 3 rings (SSSR count). The molecule has 0 spiro atoms. The number of carboxylic acids is 1. The minimum Gasteiger partial charge on any atom is -0.489 e. The van der Waals surface area contributed by atoms with Crippen LogP contribution in [-0.4, -0.2) is 22.1 Å². The average molecular weight is 420 g/mol. The first-order valence-corrected chi connectivity index (χ1v) is 9.56. The second kappa shape index (κ2) is 9.67. The quantitative estimate of drug-likeness (QED) is 0.513. The van der Waals surface area contributed by atoms with Crippen LogP contribution in [0.3, 0.4) is 0 Å². The summed E-state index contributed by atoms with van der Waals surface area (Å²) >= 11 is 5.19. The summed E-state index contributed by atoms with van der Waals surface area (Å²) in [6, 6.07) is 21.2. The molecule has 0 radical (unpaired) electrons. The van der Waals surface area contributed by atoms with E-state index in [2.05, 4.69) is 10.6 Å². The largest absolute Gasteiger partial charge is 0.489 e. The van der Waals surface area contributed by atoms with Gasteiger partial charge in [-0.15, -0.1) is 0 Å². The first-order valence-electron chi connectivity index (χ1n) is 9.15. The van der Waals surface area contributed by atoms with Crippen LogP contribution in [0.2, 0.25) is 0 Å². The molecule has 0 bridgehead atoms. The van der Waals surface area contributed by atoms with Gasteiger partial charge in [0.05, 0.1) is 5.56 Å². The number of aryl methyl sites for hydroxylation is 1. The molecule has 0 saturated carbocycles. The number of hydrogen-bond donors (Lipinski definition) is 3. The van der Waals surface area contributed by atoms with Crippen molar-refractivity contribution in [3.05, 3.63) is 95.1 Å². The van der Waals surface area contributed by atoms with E-state index in [9.17, 15) is 9.59 Å². The van der Waals surface area contributed by atoms with Crippen LogP contribution in [0.4, 0.5) is 5.69 Å². The van der Waals surface area contributed by atoms with Gasteiger partial charge in [0.2, 0.25) is 0 Å². The number of ether oxygens (including phenoxy) is 1. The Bertz CT molecular complexity index is 1070. The Morgan fingerprint density at radius 3 is 2.27 bits per heavy atom. The maximum atomic E-state index is 12.4. The third-order valence-electron chi connectivity index (χ3n) is 4.31. The van der Waals surface area contributed by atoms with Crippen LogP contribution in [-0.2, 0) is 6.61 Å². The number of amides is 1. The van der Waals surface area contributed by atoms with E-state index in [4.69, 9.17) is 22.1 Å². The van der Waals surface area contributed by atoms with Crippen molar-refractivity contribution in [2.75, 3.05) is 5.32 Å². The average Bonchev–Trinajstić information content (AvgIpc) is 2.74. The molecule has 0 aliphatic heterocycles. The third kappa shape index (κ3) is 5.65. The van der Waals surface area contributed by atoms with Gasteiger partial charge in [0.25, 0.3) is 5.91 Å². The van der Waals surface area contributed by atoms with Gasteiger partial charge < -0.3 is 15.2 Å². The molecule has 0 fully saturated rings. The Hall–Kier alpha value is -3.71. The molecular formula is C23H20N2O4S. The fraction of sp³-hybridized carbons (Fsp3) is 0.0870. The van der Waals surface area contributed by atoms with Crippen LogP contribution < -0.4 is 15.4 Å². The number of hydrogen-bond acceptors (Lipinski definition) is 4. The first kappa shape index (κ1) is 21.0. The number of nitrogens with one attached hydrogen (secondary N) is 2. The van der Waals surface area contributed by atoms with E-state index >= 15 is 0 Å². The SMILES string of the molecule is Cc1cc(C(=O)O)ccc1NC(=S)NC(=O)c1ccc(OCc2ccccc2)cc1. The lowest BCUT2D eigenvalue weighted by Crippen LogP contribution is -2.34. The van der Waals surface area contributed by atoms with Gasteiger partial charge in [0.1, 0.15) is 12.4 Å². The van der Waals surface area contributed by atoms with Crippen molar-refractivity contribution in [2.45, 2.75) is 13.5 Å². The highest BCUT2D eigenvalue weighted by atomic mass is 32.1. The van der Waals surface area contributed by atoms with Gasteiger partial charge in [0.15, 0.2) is 5.11 Å². The predicted molar refractivity (Wildman–Crippen MR) is 119 cm³/mol. The minimum atomic E-state index is -1.00. The predicted octanol–water partition coefficient (Wildman–Crippen LogP) is 4.40. The van der Waals surface area contributed by atoms with Crippen molar-refractivity contribution in [1.29, 1.82) is 0 Å². The van der Waals surface area contributed by atoms with Gasteiger partial charge >= 0.3 is 5.97 Å². The highest BCUT2D eigenvalue weighted by molar-refractivity contribution is 7.80. The molecule has 152 valence electrons. The van der Waals surface area contributed by atoms with Crippen LogP contribution in [0.25, 0.3) is 0 Å². The normalized spacial score (nSPS) is 10.2. The molecule has 30 heavy (non-hydrogen) atoms. The Balaban J connectivity index is 1.55. The molecule has 7 heteroatoms. The first-order chi connectivity index (χ1) is 14.4. The van der Waals surface area contributed by atoms with Crippen molar-refractivity contribution < 1.29 is 19.4 Å². The van der Waals surface area contributed by atoms with Gasteiger partial charge in [-0.3, -0.25) is 10.1 Å². The van der Waals surface area contributed by atoms with Crippen LogP contribution >= 0.6 is 12.2 Å². The molecule has 1 amide bonds. The number of rotatable bonds is 6. The van der Waals surface area contributed by atoms with E-state index in [0.717, 1.165) is 5.56 Å². The fourth-order valence-electron chi connectivity index (χ4n) is 2.71. The van der Waals surface area contributed by atoms with E-state index in [0.29, 0.717) is 29.2 Å². The number of carboxylic acid groups (broad SMARTS) is 1. The molecule has 0 aromatic heterocycles. The molecule has 0 atom stereocenters. The lowest BCUT2D eigenvalue weighted by Gasteiger charge is -2.12. The third-order valence-corrected chi connectivity index (χ3v) is 4.52.